The summed E-state index contributed by atoms with van der Waals surface area (Å²) in [4.78, 5) is 14.4. The Bertz CT molecular complexity index is 929. The van der Waals surface area contributed by atoms with Crippen LogP contribution in [0.5, 0.6) is 5.75 Å². The number of rotatable bonds is 5. The van der Waals surface area contributed by atoms with Crippen LogP contribution in [0.1, 0.15) is 12.5 Å². The first-order chi connectivity index (χ1) is 12.4. The Kier molecular flexibility index (Phi) is 5.55. The highest BCUT2D eigenvalue weighted by atomic mass is 32.2. The number of nitrogens with one attached hydrogen (secondary N) is 1. The van der Waals surface area contributed by atoms with Crippen molar-refractivity contribution in [3.05, 3.63) is 48.0 Å². The van der Waals surface area contributed by atoms with Gasteiger partial charge in [-0.05, 0) is 35.9 Å². The first kappa shape index (κ1) is 18.8. The molecule has 1 heterocycles. The smallest absolute Gasteiger partial charge is 0.240 e. The minimum atomic E-state index is -3.66. The lowest BCUT2D eigenvalue weighted by Crippen LogP contribution is -2.33. The van der Waals surface area contributed by atoms with Crippen molar-refractivity contribution in [1.82, 2.24) is 4.72 Å². The van der Waals surface area contributed by atoms with E-state index < -0.39 is 10.0 Å². The molecule has 0 aromatic heterocycles. The molecule has 0 aliphatic carbocycles. The van der Waals surface area contributed by atoms with Crippen LogP contribution in [0.4, 0.5) is 5.69 Å². The van der Waals surface area contributed by atoms with Crippen molar-refractivity contribution in [2.75, 3.05) is 24.3 Å². The van der Waals surface area contributed by atoms with Crippen LogP contribution in [0.15, 0.2) is 52.3 Å². The third-order valence-electron chi connectivity index (χ3n) is 4.09. The molecule has 26 heavy (non-hydrogen) atoms. The Morgan fingerprint density at radius 3 is 2.81 bits per heavy atom. The van der Waals surface area contributed by atoms with Crippen LogP contribution in [0.2, 0.25) is 0 Å². The largest absolute Gasteiger partial charge is 0.497 e. The number of hydrogen-bond acceptors (Lipinski definition) is 5. The predicted molar refractivity (Wildman–Crippen MR) is 102 cm³/mol. The van der Waals surface area contributed by atoms with Gasteiger partial charge >= 0.3 is 0 Å². The van der Waals surface area contributed by atoms with E-state index in [1.165, 1.54) is 13.0 Å². The fourth-order valence-electron chi connectivity index (χ4n) is 2.74. The lowest BCUT2D eigenvalue weighted by molar-refractivity contribution is -0.116. The molecule has 0 saturated carbocycles. The number of methoxy groups -OCH3 is 1. The van der Waals surface area contributed by atoms with Crippen molar-refractivity contribution in [1.29, 1.82) is 0 Å². The molecular weight excluding hydrogens is 372 g/mol. The highest BCUT2D eigenvalue weighted by Crippen LogP contribution is 2.36. The number of fused-ring (bicyclic) bond motifs is 1. The molecule has 1 N–H and O–H groups in total. The summed E-state index contributed by atoms with van der Waals surface area (Å²) in [6.07, 6.45) is 0. The molecule has 0 bridgehead atoms. The molecule has 2 aromatic rings. The molecule has 0 saturated heterocycles. The summed E-state index contributed by atoms with van der Waals surface area (Å²) in [7, 11) is -2.09. The summed E-state index contributed by atoms with van der Waals surface area (Å²) in [6.45, 7) is 2.32. The fraction of sp³-hybridized carbons (Fsp3) is 0.278. The standard InChI is InChI=1S/C18H20N2O4S2/c1-13(21)20-8-9-25-18-11-16(6-7-17(18)20)26(22,23)19-12-14-4-3-5-15(10-14)24-2/h3-7,10-11,19H,8-9,12H2,1-2H3. The Hall–Kier alpha value is -2.03. The van der Waals surface area contributed by atoms with Gasteiger partial charge < -0.3 is 9.64 Å². The van der Waals surface area contributed by atoms with Crippen molar-refractivity contribution >= 4 is 33.4 Å². The van der Waals surface area contributed by atoms with Crippen LogP contribution in [0.3, 0.4) is 0 Å². The second-order valence-corrected chi connectivity index (χ2v) is 8.73. The molecule has 1 aliphatic rings. The van der Waals surface area contributed by atoms with Gasteiger partial charge in [-0.2, -0.15) is 0 Å². The lowest BCUT2D eigenvalue weighted by Gasteiger charge is -2.28. The van der Waals surface area contributed by atoms with Gasteiger partial charge in [0.2, 0.25) is 15.9 Å². The number of nitrogens with zero attached hydrogens (tertiary/aromatic N) is 1. The van der Waals surface area contributed by atoms with E-state index in [2.05, 4.69) is 4.72 Å². The quantitative estimate of drug-likeness (QED) is 0.847. The SMILES string of the molecule is COc1cccc(CNS(=O)(=O)c2ccc3c(c2)SCCN3C(C)=O)c1. The maximum absolute atomic E-state index is 12.6. The Balaban J connectivity index is 1.80. The number of thioether (sulfide) groups is 1. The number of carbonyl (C=O) groups is 1. The van der Waals surface area contributed by atoms with Crippen molar-refractivity contribution in [2.45, 2.75) is 23.3 Å². The number of benzene rings is 2. The third-order valence-corrected chi connectivity index (χ3v) is 6.51. The van der Waals surface area contributed by atoms with Crippen molar-refractivity contribution in [2.24, 2.45) is 0 Å². The highest BCUT2D eigenvalue weighted by Gasteiger charge is 2.23. The van der Waals surface area contributed by atoms with E-state index in [1.807, 2.05) is 12.1 Å². The van der Waals surface area contributed by atoms with Gasteiger partial charge in [0.1, 0.15) is 5.75 Å². The first-order valence-corrected chi connectivity index (χ1v) is 10.5. The molecule has 1 amide bonds. The van der Waals surface area contributed by atoms with E-state index in [1.54, 1.807) is 48.0 Å². The van der Waals surface area contributed by atoms with Crippen LogP contribution in [-0.2, 0) is 21.4 Å². The third kappa shape index (κ3) is 4.03. The number of sulfonamides is 1. The Morgan fingerprint density at radius 2 is 2.08 bits per heavy atom. The monoisotopic (exact) mass is 392 g/mol. The van der Waals surface area contributed by atoms with Gasteiger partial charge in [0.05, 0.1) is 17.7 Å². The van der Waals surface area contributed by atoms with E-state index in [4.69, 9.17) is 4.74 Å². The number of amides is 1. The summed E-state index contributed by atoms with van der Waals surface area (Å²) in [5.41, 5.74) is 1.57. The second kappa shape index (κ2) is 7.69. The molecule has 0 unspecified atom stereocenters. The first-order valence-electron chi connectivity index (χ1n) is 8.08. The molecule has 0 fully saturated rings. The highest BCUT2D eigenvalue weighted by molar-refractivity contribution is 7.99. The second-order valence-electron chi connectivity index (χ2n) is 5.82. The fourth-order valence-corrected chi connectivity index (χ4v) is 4.89. The van der Waals surface area contributed by atoms with Crippen LogP contribution in [-0.4, -0.2) is 33.7 Å². The molecule has 3 rings (SSSR count). The Labute approximate surface area is 157 Å². The average Bonchev–Trinajstić information content (AvgIpc) is 2.65. The van der Waals surface area contributed by atoms with Gasteiger partial charge in [0.15, 0.2) is 0 Å². The molecule has 6 nitrogen and oxygen atoms in total. The molecule has 138 valence electrons. The zero-order chi connectivity index (χ0) is 18.7. The summed E-state index contributed by atoms with van der Waals surface area (Å²) >= 11 is 1.56. The van der Waals surface area contributed by atoms with Gasteiger partial charge in [-0.15, -0.1) is 11.8 Å². The van der Waals surface area contributed by atoms with E-state index >= 15 is 0 Å². The van der Waals surface area contributed by atoms with Crippen molar-refractivity contribution < 1.29 is 17.9 Å². The lowest BCUT2D eigenvalue weighted by atomic mass is 10.2. The topological polar surface area (TPSA) is 75.7 Å². The van der Waals surface area contributed by atoms with E-state index in [0.29, 0.717) is 12.3 Å². The van der Waals surface area contributed by atoms with Crippen molar-refractivity contribution in [3.63, 3.8) is 0 Å². The minimum absolute atomic E-state index is 0.0432. The summed E-state index contributed by atoms with van der Waals surface area (Å²) in [5.74, 6) is 1.38. The van der Waals surface area contributed by atoms with E-state index in [-0.39, 0.29) is 17.3 Å². The molecule has 0 atom stereocenters. The predicted octanol–water partition coefficient (Wildman–Crippen LogP) is 2.63. The molecular formula is C18H20N2O4S2. The molecule has 0 radical (unpaired) electrons. The van der Waals surface area contributed by atoms with Gasteiger partial charge in [0, 0.05) is 30.7 Å². The minimum Gasteiger partial charge on any atom is -0.497 e. The summed E-state index contributed by atoms with van der Waals surface area (Å²) in [6, 6.07) is 12.1. The van der Waals surface area contributed by atoms with Crippen LogP contribution in [0, 0.1) is 0 Å². The van der Waals surface area contributed by atoms with Crippen molar-refractivity contribution in [3.8, 4) is 5.75 Å². The van der Waals surface area contributed by atoms with Crippen LogP contribution < -0.4 is 14.4 Å². The zero-order valence-electron chi connectivity index (χ0n) is 14.6. The van der Waals surface area contributed by atoms with Gasteiger partial charge in [-0.1, -0.05) is 12.1 Å². The molecule has 2 aromatic carbocycles. The number of hydrogen-bond donors (Lipinski definition) is 1. The van der Waals surface area contributed by atoms with Crippen LogP contribution in [0.25, 0.3) is 0 Å². The van der Waals surface area contributed by atoms with E-state index in [0.717, 1.165) is 21.9 Å². The molecule has 0 spiro atoms. The Morgan fingerprint density at radius 1 is 1.27 bits per heavy atom. The maximum atomic E-state index is 12.6. The van der Waals surface area contributed by atoms with Gasteiger partial charge in [-0.25, -0.2) is 13.1 Å². The molecule has 1 aliphatic heterocycles. The number of carbonyl (C=O) groups excluding carboxylic acids is 1. The van der Waals surface area contributed by atoms with Gasteiger partial charge in [0.25, 0.3) is 0 Å². The normalized spacial score (nSPS) is 14.0. The maximum Gasteiger partial charge on any atom is 0.240 e. The average molecular weight is 393 g/mol. The van der Waals surface area contributed by atoms with Crippen LogP contribution >= 0.6 is 11.8 Å². The number of ether oxygens (including phenoxy) is 1. The summed E-state index contributed by atoms with van der Waals surface area (Å²) < 4.78 is 33.0. The van der Waals surface area contributed by atoms with E-state index in [9.17, 15) is 13.2 Å². The summed E-state index contributed by atoms with van der Waals surface area (Å²) in [5, 5.41) is 0. The zero-order valence-corrected chi connectivity index (χ0v) is 16.2. The molecule has 8 heteroatoms. The number of anilines is 1. The van der Waals surface area contributed by atoms with Gasteiger partial charge in [-0.3, -0.25) is 4.79 Å².